The van der Waals surface area contributed by atoms with Crippen LogP contribution in [0.2, 0.25) is 0 Å². The summed E-state index contributed by atoms with van der Waals surface area (Å²) in [7, 11) is 0. The fraction of sp³-hybridized carbons (Fsp3) is 0.333. The van der Waals surface area contributed by atoms with E-state index >= 15 is 0 Å². The standard InChI is InChI=1S/C6H3BrF4/c7-4-3-5(8,9)1-2-6(4,10)11/h1-3H. The van der Waals surface area contributed by atoms with Crippen molar-refractivity contribution >= 4 is 15.9 Å². The second-order valence-corrected chi connectivity index (χ2v) is 2.98. The third-order valence-electron chi connectivity index (χ3n) is 1.15. The first kappa shape index (κ1) is 8.77. The van der Waals surface area contributed by atoms with Crippen molar-refractivity contribution in [2.75, 3.05) is 0 Å². The van der Waals surface area contributed by atoms with E-state index in [0.717, 1.165) is 0 Å². The van der Waals surface area contributed by atoms with Crippen molar-refractivity contribution in [3.05, 3.63) is 22.7 Å². The molecule has 0 saturated carbocycles. The number of allylic oxidation sites excluding steroid dienone is 4. The molecule has 0 fully saturated rings. The minimum Gasteiger partial charge on any atom is -0.197 e. The molecule has 0 aromatic heterocycles. The molecule has 0 aliphatic heterocycles. The molecule has 0 bridgehead atoms. The van der Waals surface area contributed by atoms with Gasteiger partial charge < -0.3 is 0 Å². The first-order valence-corrected chi connectivity index (χ1v) is 3.48. The normalized spacial score (nSPS) is 26.5. The summed E-state index contributed by atoms with van der Waals surface area (Å²) in [6.45, 7) is 0. The topological polar surface area (TPSA) is 0 Å². The largest absolute Gasteiger partial charge is 0.298 e. The first-order valence-electron chi connectivity index (χ1n) is 2.68. The van der Waals surface area contributed by atoms with Crippen molar-refractivity contribution in [1.29, 1.82) is 0 Å². The molecule has 0 radical (unpaired) electrons. The third kappa shape index (κ3) is 1.83. The summed E-state index contributed by atoms with van der Waals surface area (Å²) < 4.78 is 48.6. The van der Waals surface area contributed by atoms with Crippen LogP contribution in [0.3, 0.4) is 0 Å². The Morgan fingerprint density at radius 2 is 1.64 bits per heavy atom. The first-order chi connectivity index (χ1) is 4.83. The molecule has 1 aliphatic carbocycles. The number of rotatable bonds is 0. The van der Waals surface area contributed by atoms with E-state index in [1.807, 2.05) is 0 Å². The summed E-state index contributed by atoms with van der Waals surface area (Å²) in [4.78, 5) is 0. The lowest BCUT2D eigenvalue weighted by Gasteiger charge is -2.18. The predicted octanol–water partition coefficient (Wildman–Crippen LogP) is 3.11. The highest BCUT2D eigenvalue weighted by Crippen LogP contribution is 2.38. The Morgan fingerprint density at radius 1 is 1.09 bits per heavy atom. The molecule has 0 saturated heterocycles. The zero-order valence-electron chi connectivity index (χ0n) is 5.12. The fourth-order valence-electron chi connectivity index (χ4n) is 0.609. The molecule has 0 atom stereocenters. The van der Waals surface area contributed by atoms with E-state index in [1.54, 1.807) is 0 Å². The lowest BCUT2D eigenvalue weighted by Crippen LogP contribution is -2.22. The maximum Gasteiger partial charge on any atom is 0.298 e. The van der Waals surface area contributed by atoms with Crippen LogP contribution >= 0.6 is 15.9 Å². The van der Waals surface area contributed by atoms with Crippen LogP contribution in [0, 0.1) is 0 Å². The van der Waals surface area contributed by atoms with Gasteiger partial charge in [-0.2, -0.15) is 17.6 Å². The van der Waals surface area contributed by atoms with Gasteiger partial charge in [-0.3, -0.25) is 0 Å². The lowest BCUT2D eigenvalue weighted by molar-refractivity contribution is 0.0693. The van der Waals surface area contributed by atoms with Gasteiger partial charge >= 0.3 is 0 Å². The van der Waals surface area contributed by atoms with Crippen molar-refractivity contribution in [3.8, 4) is 0 Å². The average molecular weight is 231 g/mol. The van der Waals surface area contributed by atoms with E-state index in [4.69, 9.17) is 0 Å². The zero-order chi connectivity index (χ0) is 8.70. The van der Waals surface area contributed by atoms with E-state index in [2.05, 4.69) is 15.9 Å². The Hall–Kier alpha value is -0.320. The molecule has 0 nitrogen and oxygen atoms in total. The Balaban J connectivity index is 2.98. The molecule has 0 aromatic carbocycles. The van der Waals surface area contributed by atoms with Crippen molar-refractivity contribution in [3.63, 3.8) is 0 Å². The van der Waals surface area contributed by atoms with Crippen molar-refractivity contribution in [2.24, 2.45) is 0 Å². The maximum atomic E-state index is 12.4. The molecule has 0 spiro atoms. The maximum absolute atomic E-state index is 12.4. The predicted molar refractivity (Wildman–Crippen MR) is 36.0 cm³/mol. The summed E-state index contributed by atoms with van der Waals surface area (Å²) in [5.41, 5.74) is 0. The van der Waals surface area contributed by atoms with Crippen molar-refractivity contribution in [2.45, 2.75) is 11.8 Å². The Morgan fingerprint density at radius 3 is 2.00 bits per heavy atom. The molecule has 1 aliphatic rings. The number of halogens is 5. The van der Waals surface area contributed by atoms with Crippen molar-refractivity contribution in [1.82, 2.24) is 0 Å². The molecular weight excluding hydrogens is 228 g/mol. The molecule has 0 N–H and O–H groups in total. The van der Waals surface area contributed by atoms with Gasteiger partial charge in [0.1, 0.15) is 0 Å². The lowest BCUT2D eigenvalue weighted by atomic mass is 10.1. The van der Waals surface area contributed by atoms with Gasteiger partial charge in [-0.25, -0.2) is 0 Å². The van der Waals surface area contributed by atoms with Gasteiger partial charge in [-0.1, -0.05) is 0 Å². The molecule has 11 heavy (non-hydrogen) atoms. The molecule has 0 heterocycles. The van der Waals surface area contributed by atoms with E-state index in [0.29, 0.717) is 0 Å². The van der Waals surface area contributed by atoms with Crippen LogP contribution in [0.4, 0.5) is 17.6 Å². The van der Waals surface area contributed by atoms with Gasteiger partial charge in [0, 0.05) is 6.08 Å². The van der Waals surface area contributed by atoms with Gasteiger partial charge in [-0.05, 0) is 28.1 Å². The second-order valence-electron chi connectivity index (χ2n) is 2.12. The Labute approximate surface area is 68.7 Å². The van der Waals surface area contributed by atoms with Crippen LogP contribution < -0.4 is 0 Å². The molecule has 0 aromatic rings. The third-order valence-corrected chi connectivity index (χ3v) is 1.91. The SMILES string of the molecule is FC1(F)C=CC(F)(F)C(Br)=C1. The Bertz CT molecular complexity index is 229. The van der Waals surface area contributed by atoms with Crippen molar-refractivity contribution < 1.29 is 17.6 Å². The molecule has 0 unspecified atom stereocenters. The van der Waals surface area contributed by atoms with Crippen LogP contribution in [-0.4, -0.2) is 11.8 Å². The molecule has 1 rings (SSSR count). The zero-order valence-corrected chi connectivity index (χ0v) is 6.71. The smallest absolute Gasteiger partial charge is 0.197 e. The van der Waals surface area contributed by atoms with Gasteiger partial charge in [-0.15, -0.1) is 0 Å². The fourth-order valence-corrected chi connectivity index (χ4v) is 1.05. The second kappa shape index (κ2) is 2.33. The van der Waals surface area contributed by atoms with Crippen LogP contribution in [0.25, 0.3) is 0 Å². The Kier molecular flexibility index (Phi) is 1.86. The van der Waals surface area contributed by atoms with Crippen LogP contribution in [-0.2, 0) is 0 Å². The number of alkyl halides is 4. The van der Waals surface area contributed by atoms with Gasteiger partial charge in [0.05, 0.1) is 4.48 Å². The van der Waals surface area contributed by atoms with Crippen LogP contribution in [0.1, 0.15) is 0 Å². The minimum atomic E-state index is -3.29. The molecule has 0 amide bonds. The number of hydrogen-bond donors (Lipinski definition) is 0. The van der Waals surface area contributed by atoms with E-state index in [1.165, 1.54) is 0 Å². The summed E-state index contributed by atoms with van der Waals surface area (Å²) in [5.74, 6) is -6.55. The van der Waals surface area contributed by atoms with E-state index in [9.17, 15) is 17.6 Å². The van der Waals surface area contributed by atoms with E-state index < -0.39 is 16.3 Å². The molecule has 62 valence electrons. The number of hydrogen-bond acceptors (Lipinski definition) is 0. The highest BCUT2D eigenvalue weighted by molar-refractivity contribution is 9.11. The van der Waals surface area contributed by atoms with E-state index in [-0.39, 0.29) is 18.2 Å². The van der Waals surface area contributed by atoms with Gasteiger partial charge in [0.25, 0.3) is 11.8 Å². The monoisotopic (exact) mass is 230 g/mol. The highest BCUT2D eigenvalue weighted by atomic mass is 79.9. The summed E-state index contributed by atoms with van der Waals surface area (Å²) in [5, 5.41) is 0. The quantitative estimate of drug-likeness (QED) is 0.443. The van der Waals surface area contributed by atoms with Crippen LogP contribution in [0.15, 0.2) is 22.7 Å². The summed E-state index contributed by atoms with van der Waals surface area (Å²) >= 11 is 2.37. The van der Waals surface area contributed by atoms with Crippen LogP contribution in [0.5, 0.6) is 0 Å². The average Bonchev–Trinajstić information content (AvgIpc) is 1.81. The highest BCUT2D eigenvalue weighted by Gasteiger charge is 2.39. The minimum absolute atomic E-state index is 0.178. The van der Waals surface area contributed by atoms with Gasteiger partial charge in [0.15, 0.2) is 0 Å². The molecular formula is C6H3BrF4. The summed E-state index contributed by atoms with van der Waals surface area (Å²) in [6, 6.07) is 0. The van der Waals surface area contributed by atoms with Gasteiger partial charge in [0.2, 0.25) is 0 Å². The summed E-state index contributed by atoms with van der Waals surface area (Å²) in [6.07, 6.45) is 0.543. The molecule has 5 heteroatoms.